The molecule has 8 heteroatoms. The second-order valence-corrected chi connectivity index (χ2v) is 6.26. The van der Waals surface area contributed by atoms with Crippen molar-refractivity contribution < 1.29 is 33.3 Å². The van der Waals surface area contributed by atoms with E-state index >= 15 is 0 Å². The lowest BCUT2D eigenvalue weighted by atomic mass is 10.00. The standard InChI is InChI=1S/C14H22O7S/c1-6-22-14-13(21-10(5)17)12(20-9(4)16)11(7(2)18-14)19-8(3)15/h7,11-14H,6H2,1-5H3/t7-,11+,12+,13-,14+/m0/s1. The van der Waals surface area contributed by atoms with Crippen molar-refractivity contribution >= 4 is 29.7 Å². The van der Waals surface area contributed by atoms with Gasteiger partial charge >= 0.3 is 17.9 Å². The van der Waals surface area contributed by atoms with Gasteiger partial charge < -0.3 is 18.9 Å². The maximum absolute atomic E-state index is 11.4. The first-order valence-corrected chi connectivity index (χ1v) is 8.09. The molecule has 5 atom stereocenters. The normalized spacial score (nSPS) is 31.2. The van der Waals surface area contributed by atoms with Gasteiger partial charge in [-0.05, 0) is 12.7 Å². The van der Waals surface area contributed by atoms with Gasteiger partial charge in [-0.3, -0.25) is 14.4 Å². The summed E-state index contributed by atoms with van der Waals surface area (Å²) in [6.07, 6.45) is -3.08. The summed E-state index contributed by atoms with van der Waals surface area (Å²) in [5.74, 6) is -0.877. The van der Waals surface area contributed by atoms with E-state index in [9.17, 15) is 14.4 Å². The average Bonchev–Trinajstić information content (AvgIpc) is 2.37. The minimum atomic E-state index is -0.905. The fourth-order valence-corrected chi connectivity index (χ4v) is 3.25. The van der Waals surface area contributed by atoms with E-state index in [4.69, 9.17) is 18.9 Å². The van der Waals surface area contributed by atoms with Gasteiger partial charge in [0.1, 0.15) is 5.44 Å². The first kappa shape index (κ1) is 18.8. The molecule has 1 fully saturated rings. The van der Waals surface area contributed by atoms with Crippen LogP contribution < -0.4 is 0 Å². The predicted octanol–water partition coefficient (Wildman–Crippen LogP) is 1.28. The Morgan fingerprint density at radius 1 is 0.909 bits per heavy atom. The fourth-order valence-electron chi connectivity index (χ4n) is 2.27. The highest BCUT2D eigenvalue weighted by molar-refractivity contribution is 7.99. The average molecular weight is 334 g/mol. The van der Waals surface area contributed by atoms with E-state index < -0.39 is 47.8 Å². The third kappa shape index (κ3) is 5.17. The molecule has 1 heterocycles. The predicted molar refractivity (Wildman–Crippen MR) is 79.1 cm³/mol. The minimum absolute atomic E-state index is 0.496. The minimum Gasteiger partial charge on any atom is -0.456 e. The van der Waals surface area contributed by atoms with Crippen molar-refractivity contribution in [1.82, 2.24) is 0 Å². The number of thioether (sulfide) groups is 1. The van der Waals surface area contributed by atoms with Crippen molar-refractivity contribution in [3.05, 3.63) is 0 Å². The van der Waals surface area contributed by atoms with E-state index in [2.05, 4.69) is 0 Å². The molecule has 0 amide bonds. The van der Waals surface area contributed by atoms with Crippen LogP contribution >= 0.6 is 11.8 Å². The molecule has 0 N–H and O–H groups in total. The number of esters is 3. The highest BCUT2D eigenvalue weighted by atomic mass is 32.2. The number of carbonyl (C=O) groups is 3. The van der Waals surface area contributed by atoms with Crippen LogP contribution in [0.15, 0.2) is 0 Å². The molecule has 22 heavy (non-hydrogen) atoms. The van der Waals surface area contributed by atoms with Crippen LogP contribution in [-0.2, 0) is 33.3 Å². The van der Waals surface area contributed by atoms with Gasteiger partial charge in [-0.15, -0.1) is 11.8 Å². The molecule has 0 aromatic heterocycles. The maximum atomic E-state index is 11.4. The lowest BCUT2D eigenvalue weighted by Gasteiger charge is -2.43. The van der Waals surface area contributed by atoms with Gasteiger partial charge in [-0.25, -0.2) is 0 Å². The number of carbonyl (C=O) groups excluding carboxylic acids is 3. The van der Waals surface area contributed by atoms with E-state index in [1.807, 2.05) is 6.92 Å². The lowest BCUT2D eigenvalue weighted by Crippen LogP contribution is -2.59. The van der Waals surface area contributed by atoms with Crippen molar-refractivity contribution in [3.63, 3.8) is 0 Å². The molecule has 0 aliphatic carbocycles. The molecule has 1 aliphatic heterocycles. The molecule has 0 bridgehead atoms. The Balaban J connectivity index is 3.09. The molecule has 0 aromatic rings. The Hall–Kier alpha value is -1.28. The Morgan fingerprint density at radius 3 is 1.82 bits per heavy atom. The number of hydrogen-bond donors (Lipinski definition) is 0. The van der Waals surface area contributed by atoms with Gasteiger partial charge in [0.2, 0.25) is 0 Å². The third-order valence-corrected chi connectivity index (χ3v) is 4.01. The Kier molecular flexibility index (Phi) is 7.15. The first-order valence-electron chi connectivity index (χ1n) is 7.05. The second kappa shape index (κ2) is 8.38. The van der Waals surface area contributed by atoms with Crippen LogP contribution in [0, 0.1) is 0 Å². The van der Waals surface area contributed by atoms with Gasteiger partial charge in [0.05, 0.1) is 6.10 Å². The zero-order chi connectivity index (χ0) is 16.9. The van der Waals surface area contributed by atoms with E-state index in [0.29, 0.717) is 0 Å². The molecule has 0 saturated carbocycles. The zero-order valence-corrected chi connectivity index (χ0v) is 14.2. The molecular weight excluding hydrogens is 312 g/mol. The van der Waals surface area contributed by atoms with Crippen LogP contribution in [0.5, 0.6) is 0 Å². The van der Waals surface area contributed by atoms with Gasteiger partial charge in [0.25, 0.3) is 0 Å². The maximum Gasteiger partial charge on any atom is 0.303 e. The van der Waals surface area contributed by atoms with Crippen molar-refractivity contribution in [3.8, 4) is 0 Å². The fraction of sp³-hybridized carbons (Fsp3) is 0.786. The molecule has 0 aromatic carbocycles. The Bertz CT molecular complexity index is 425. The third-order valence-electron chi connectivity index (χ3n) is 2.96. The number of hydrogen-bond acceptors (Lipinski definition) is 8. The zero-order valence-electron chi connectivity index (χ0n) is 13.4. The van der Waals surface area contributed by atoms with E-state index in [1.54, 1.807) is 6.92 Å². The van der Waals surface area contributed by atoms with Crippen LogP contribution in [-0.4, -0.2) is 53.5 Å². The number of rotatable bonds is 5. The summed E-state index contributed by atoms with van der Waals surface area (Å²) in [6.45, 7) is 7.42. The molecule has 0 spiro atoms. The van der Waals surface area contributed by atoms with Crippen LogP contribution in [0.3, 0.4) is 0 Å². The highest BCUT2D eigenvalue weighted by Crippen LogP contribution is 2.33. The summed E-state index contributed by atoms with van der Waals surface area (Å²) in [5, 5.41) is 0. The summed E-state index contributed by atoms with van der Waals surface area (Å²) in [6, 6.07) is 0. The summed E-state index contributed by atoms with van der Waals surface area (Å²) < 4.78 is 21.6. The van der Waals surface area contributed by atoms with Crippen molar-refractivity contribution in [2.24, 2.45) is 0 Å². The summed E-state index contributed by atoms with van der Waals surface area (Å²) in [7, 11) is 0. The molecule has 0 unspecified atom stereocenters. The summed E-state index contributed by atoms with van der Waals surface area (Å²) in [4.78, 5) is 34.1. The van der Waals surface area contributed by atoms with Crippen LogP contribution in [0.1, 0.15) is 34.6 Å². The largest absolute Gasteiger partial charge is 0.456 e. The Labute approximate surface area is 134 Å². The van der Waals surface area contributed by atoms with Crippen LogP contribution in [0.2, 0.25) is 0 Å². The van der Waals surface area contributed by atoms with Crippen molar-refractivity contribution in [2.45, 2.75) is 64.5 Å². The molecule has 126 valence electrons. The van der Waals surface area contributed by atoms with E-state index in [0.717, 1.165) is 5.75 Å². The molecule has 1 aliphatic rings. The molecule has 0 radical (unpaired) electrons. The van der Waals surface area contributed by atoms with Gasteiger partial charge in [0.15, 0.2) is 18.3 Å². The molecular formula is C14H22O7S. The monoisotopic (exact) mass is 334 g/mol. The SMILES string of the molecule is CCS[C@H]1O[C@@H](C)[C@@H](OC(C)=O)[C@@H](OC(C)=O)[C@@H]1OC(C)=O. The van der Waals surface area contributed by atoms with Crippen molar-refractivity contribution in [2.75, 3.05) is 5.75 Å². The summed E-state index contributed by atoms with van der Waals surface area (Å²) in [5.41, 5.74) is -0.500. The quantitative estimate of drug-likeness (QED) is 0.549. The molecule has 7 nitrogen and oxygen atoms in total. The molecule has 1 rings (SSSR count). The second-order valence-electron chi connectivity index (χ2n) is 4.89. The van der Waals surface area contributed by atoms with E-state index in [-0.39, 0.29) is 0 Å². The smallest absolute Gasteiger partial charge is 0.303 e. The van der Waals surface area contributed by atoms with Gasteiger partial charge in [0, 0.05) is 20.8 Å². The highest BCUT2D eigenvalue weighted by Gasteiger charge is 2.50. The molecule has 1 saturated heterocycles. The first-order chi connectivity index (χ1) is 10.3. The van der Waals surface area contributed by atoms with Crippen LogP contribution in [0.4, 0.5) is 0 Å². The van der Waals surface area contributed by atoms with E-state index in [1.165, 1.54) is 32.5 Å². The van der Waals surface area contributed by atoms with Crippen LogP contribution in [0.25, 0.3) is 0 Å². The Morgan fingerprint density at radius 2 is 1.36 bits per heavy atom. The lowest BCUT2D eigenvalue weighted by molar-refractivity contribution is -0.228. The van der Waals surface area contributed by atoms with Gasteiger partial charge in [-0.1, -0.05) is 6.92 Å². The topological polar surface area (TPSA) is 88.1 Å². The summed E-state index contributed by atoms with van der Waals surface area (Å²) >= 11 is 1.43. The number of ether oxygens (including phenoxy) is 4. The van der Waals surface area contributed by atoms with Gasteiger partial charge in [-0.2, -0.15) is 0 Å². The van der Waals surface area contributed by atoms with Crippen molar-refractivity contribution in [1.29, 1.82) is 0 Å².